The first-order valence-electron chi connectivity index (χ1n) is 6.04. The van der Waals surface area contributed by atoms with Crippen molar-refractivity contribution < 1.29 is 14.6 Å². The summed E-state index contributed by atoms with van der Waals surface area (Å²) in [7, 11) is 1.89. The van der Waals surface area contributed by atoms with Gasteiger partial charge in [-0.15, -0.1) is 0 Å². The second-order valence-corrected chi connectivity index (χ2v) is 4.97. The molecule has 4 heteroatoms. The average Bonchev–Trinajstić information content (AvgIpc) is 2.29. The summed E-state index contributed by atoms with van der Waals surface area (Å²) >= 11 is 0. The fourth-order valence-corrected chi connectivity index (χ4v) is 1.72. The number of carbonyl (C=O) groups is 1. The van der Waals surface area contributed by atoms with Gasteiger partial charge in [0.15, 0.2) is 0 Å². The molecule has 0 radical (unpaired) electrons. The number of hydrogen-bond donors (Lipinski definition) is 1. The summed E-state index contributed by atoms with van der Waals surface area (Å²) < 4.78 is 5.37. The Kier molecular flexibility index (Phi) is 4.59. The summed E-state index contributed by atoms with van der Waals surface area (Å²) in [5.74, 6) is 0.0347. The van der Waals surface area contributed by atoms with Crippen molar-refractivity contribution in [3.05, 3.63) is 24.3 Å². The minimum atomic E-state index is -0.791. The van der Waals surface area contributed by atoms with Crippen LogP contribution in [0.1, 0.15) is 20.8 Å². The van der Waals surface area contributed by atoms with Crippen LogP contribution in [0.2, 0.25) is 0 Å². The summed E-state index contributed by atoms with van der Waals surface area (Å²) in [6, 6.07) is 7.65. The van der Waals surface area contributed by atoms with E-state index in [1.807, 2.05) is 43.1 Å². The van der Waals surface area contributed by atoms with Crippen LogP contribution < -0.4 is 9.64 Å². The molecule has 0 bridgehead atoms. The van der Waals surface area contributed by atoms with Crippen molar-refractivity contribution in [2.45, 2.75) is 20.8 Å². The zero-order valence-electron chi connectivity index (χ0n) is 11.4. The molecule has 0 aliphatic heterocycles. The number of hydrogen-bond acceptors (Lipinski definition) is 3. The first-order chi connectivity index (χ1) is 8.36. The molecule has 0 aromatic heterocycles. The van der Waals surface area contributed by atoms with Crippen molar-refractivity contribution in [3.63, 3.8) is 0 Å². The van der Waals surface area contributed by atoms with E-state index >= 15 is 0 Å². The quantitative estimate of drug-likeness (QED) is 0.844. The molecule has 100 valence electrons. The van der Waals surface area contributed by atoms with E-state index in [1.54, 1.807) is 13.8 Å². The molecule has 0 spiro atoms. The summed E-state index contributed by atoms with van der Waals surface area (Å²) in [6.45, 7) is 6.48. The van der Waals surface area contributed by atoms with Crippen LogP contribution in [0, 0.1) is 5.41 Å². The Balaban J connectivity index is 2.72. The number of rotatable bonds is 6. The molecule has 0 saturated heterocycles. The normalized spacial score (nSPS) is 11.1. The van der Waals surface area contributed by atoms with E-state index in [0.29, 0.717) is 13.2 Å². The maximum absolute atomic E-state index is 11.1. The maximum Gasteiger partial charge on any atom is 0.310 e. The highest BCUT2D eigenvalue weighted by Crippen LogP contribution is 2.23. The van der Waals surface area contributed by atoms with Gasteiger partial charge in [0.25, 0.3) is 0 Å². The van der Waals surface area contributed by atoms with Gasteiger partial charge in [-0.05, 0) is 45.0 Å². The second-order valence-electron chi connectivity index (χ2n) is 4.97. The van der Waals surface area contributed by atoms with E-state index in [4.69, 9.17) is 9.84 Å². The molecule has 1 aromatic rings. The summed E-state index contributed by atoms with van der Waals surface area (Å²) in [5, 5.41) is 9.10. The maximum atomic E-state index is 11.1. The van der Waals surface area contributed by atoms with Crippen molar-refractivity contribution in [1.29, 1.82) is 0 Å². The van der Waals surface area contributed by atoms with Crippen LogP contribution >= 0.6 is 0 Å². The Labute approximate surface area is 108 Å². The van der Waals surface area contributed by atoms with Gasteiger partial charge in [0.05, 0.1) is 12.0 Å². The molecule has 0 fully saturated rings. The van der Waals surface area contributed by atoms with Crippen molar-refractivity contribution >= 4 is 11.7 Å². The van der Waals surface area contributed by atoms with Crippen LogP contribution in [-0.2, 0) is 4.79 Å². The smallest absolute Gasteiger partial charge is 0.310 e. The minimum Gasteiger partial charge on any atom is -0.494 e. The Morgan fingerprint density at radius 1 is 1.33 bits per heavy atom. The lowest BCUT2D eigenvalue weighted by Crippen LogP contribution is -2.37. The van der Waals surface area contributed by atoms with Gasteiger partial charge < -0.3 is 14.7 Å². The number of aliphatic carboxylic acids is 1. The number of benzene rings is 1. The molecule has 1 aromatic carbocycles. The Morgan fingerprint density at radius 3 is 2.33 bits per heavy atom. The molecule has 0 amide bonds. The highest BCUT2D eigenvalue weighted by molar-refractivity contribution is 5.74. The lowest BCUT2D eigenvalue weighted by Gasteiger charge is -2.28. The van der Waals surface area contributed by atoms with Crippen LogP contribution in [0.3, 0.4) is 0 Å². The van der Waals surface area contributed by atoms with Crippen molar-refractivity contribution in [3.8, 4) is 5.75 Å². The molecule has 0 atom stereocenters. The predicted octanol–water partition coefficient (Wildman–Crippen LogP) is 2.63. The third-order valence-electron chi connectivity index (χ3n) is 2.80. The standard InChI is InChI=1S/C14H21NO3/c1-5-18-12-8-6-11(7-9-12)15(4)10-14(2,3)13(16)17/h6-9H,5,10H2,1-4H3,(H,16,17). The fourth-order valence-electron chi connectivity index (χ4n) is 1.72. The number of nitrogens with zero attached hydrogens (tertiary/aromatic N) is 1. The first kappa shape index (κ1) is 14.4. The largest absolute Gasteiger partial charge is 0.494 e. The van der Waals surface area contributed by atoms with E-state index in [0.717, 1.165) is 11.4 Å². The van der Waals surface area contributed by atoms with E-state index in [9.17, 15) is 4.79 Å². The van der Waals surface area contributed by atoms with Gasteiger partial charge in [-0.2, -0.15) is 0 Å². The molecule has 4 nitrogen and oxygen atoms in total. The lowest BCUT2D eigenvalue weighted by molar-refractivity contribution is -0.146. The minimum absolute atomic E-state index is 0.455. The van der Waals surface area contributed by atoms with E-state index in [1.165, 1.54) is 0 Å². The van der Waals surface area contributed by atoms with Crippen molar-refractivity contribution in [2.24, 2.45) is 5.41 Å². The average molecular weight is 251 g/mol. The second kappa shape index (κ2) is 5.76. The molecule has 1 rings (SSSR count). The fraction of sp³-hybridized carbons (Fsp3) is 0.500. The van der Waals surface area contributed by atoms with Crippen molar-refractivity contribution in [2.75, 3.05) is 25.1 Å². The van der Waals surface area contributed by atoms with Gasteiger partial charge in [0.1, 0.15) is 5.75 Å². The summed E-state index contributed by atoms with van der Waals surface area (Å²) in [5.41, 5.74) is 0.209. The highest BCUT2D eigenvalue weighted by Gasteiger charge is 2.28. The van der Waals surface area contributed by atoms with E-state index in [-0.39, 0.29) is 0 Å². The number of anilines is 1. The van der Waals surface area contributed by atoms with Gasteiger partial charge in [0.2, 0.25) is 0 Å². The zero-order chi connectivity index (χ0) is 13.8. The van der Waals surface area contributed by atoms with Crippen LogP contribution in [0.15, 0.2) is 24.3 Å². The summed E-state index contributed by atoms with van der Waals surface area (Å²) in [6.07, 6.45) is 0. The van der Waals surface area contributed by atoms with E-state index in [2.05, 4.69) is 0 Å². The topological polar surface area (TPSA) is 49.8 Å². The van der Waals surface area contributed by atoms with Crippen molar-refractivity contribution in [1.82, 2.24) is 0 Å². The number of ether oxygens (including phenoxy) is 1. The molecular weight excluding hydrogens is 230 g/mol. The van der Waals surface area contributed by atoms with Gasteiger partial charge in [-0.3, -0.25) is 4.79 Å². The molecule has 0 aliphatic carbocycles. The number of carboxylic acid groups (broad SMARTS) is 1. The Hall–Kier alpha value is -1.71. The summed E-state index contributed by atoms with van der Waals surface area (Å²) in [4.78, 5) is 13.0. The molecule has 0 unspecified atom stereocenters. The molecule has 0 saturated carbocycles. The predicted molar refractivity (Wildman–Crippen MR) is 72.3 cm³/mol. The first-order valence-corrected chi connectivity index (χ1v) is 6.04. The zero-order valence-corrected chi connectivity index (χ0v) is 11.4. The van der Waals surface area contributed by atoms with Crippen LogP contribution in [-0.4, -0.2) is 31.3 Å². The lowest BCUT2D eigenvalue weighted by atomic mass is 9.93. The molecule has 0 aliphatic rings. The van der Waals surface area contributed by atoms with Gasteiger partial charge in [0, 0.05) is 19.3 Å². The van der Waals surface area contributed by atoms with Gasteiger partial charge >= 0.3 is 5.97 Å². The molecule has 18 heavy (non-hydrogen) atoms. The van der Waals surface area contributed by atoms with Gasteiger partial charge in [-0.25, -0.2) is 0 Å². The monoisotopic (exact) mass is 251 g/mol. The molecular formula is C14H21NO3. The third-order valence-corrected chi connectivity index (χ3v) is 2.80. The van der Waals surface area contributed by atoms with Crippen LogP contribution in [0.5, 0.6) is 5.75 Å². The van der Waals surface area contributed by atoms with Crippen LogP contribution in [0.25, 0.3) is 0 Å². The SMILES string of the molecule is CCOc1ccc(N(C)CC(C)(C)C(=O)O)cc1. The van der Waals surface area contributed by atoms with E-state index < -0.39 is 11.4 Å². The Morgan fingerprint density at radius 2 is 1.89 bits per heavy atom. The molecule has 0 heterocycles. The number of carboxylic acids is 1. The molecule has 1 N–H and O–H groups in total. The Bertz CT molecular complexity index is 398. The van der Waals surface area contributed by atoms with Crippen LogP contribution in [0.4, 0.5) is 5.69 Å². The highest BCUT2D eigenvalue weighted by atomic mass is 16.5. The third kappa shape index (κ3) is 3.65. The van der Waals surface area contributed by atoms with Gasteiger partial charge in [-0.1, -0.05) is 0 Å².